The molecule has 0 aromatic carbocycles. The number of rotatable bonds is 4. The van der Waals surface area contributed by atoms with Gasteiger partial charge in [-0.1, -0.05) is 11.6 Å². The van der Waals surface area contributed by atoms with Gasteiger partial charge in [0.2, 0.25) is 17.7 Å². The Labute approximate surface area is 153 Å². The SMILES string of the molecule is O=C1CCCCC(C(=O)N2CCCN(Cc3noc(C4CC4)n3)CC2)N1. The molecule has 3 heterocycles. The van der Waals surface area contributed by atoms with Crippen LogP contribution in [0.5, 0.6) is 0 Å². The van der Waals surface area contributed by atoms with Crippen LogP contribution in [0.1, 0.15) is 62.6 Å². The predicted octanol–water partition coefficient (Wildman–Crippen LogP) is 1.04. The van der Waals surface area contributed by atoms with E-state index < -0.39 is 0 Å². The van der Waals surface area contributed by atoms with Gasteiger partial charge < -0.3 is 14.7 Å². The smallest absolute Gasteiger partial charge is 0.245 e. The van der Waals surface area contributed by atoms with E-state index in [9.17, 15) is 9.59 Å². The van der Waals surface area contributed by atoms with Crippen molar-refractivity contribution in [3.05, 3.63) is 11.7 Å². The lowest BCUT2D eigenvalue weighted by Crippen LogP contribution is -2.48. The Morgan fingerprint density at radius 2 is 2.00 bits per heavy atom. The Bertz CT molecular complexity index is 657. The first-order chi connectivity index (χ1) is 12.7. The fourth-order valence-electron chi connectivity index (χ4n) is 3.76. The standard InChI is InChI=1S/C18H27N5O3/c24-16-5-2-1-4-14(19-16)18(25)23-9-3-8-22(10-11-23)12-15-20-17(26-21-15)13-6-7-13/h13-14H,1-12H2,(H,19,24). The number of hydrogen-bond donors (Lipinski definition) is 1. The highest BCUT2D eigenvalue weighted by molar-refractivity contribution is 5.88. The van der Waals surface area contributed by atoms with Crippen LogP contribution in [0, 0.1) is 0 Å². The first kappa shape index (κ1) is 17.5. The zero-order chi connectivity index (χ0) is 17.9. The van der Waals surface area contributed by atoms with Gasteiger partial charge in [-0.2, -0.15) is 4.98 Å². The molecular weight excluding hydrogens is 334 g/mol. The molecule has 2 amide bonds. The summed E-state index contributed by atoms with van der Waals surface area (Å²) in [6.07, 6.45) is 6.30. The van der Waals surface area contributed by atoms with Crippen molar-refractivity contribution >= 4 is 11.8 Å². The second kappa shape index (κ2) is 7.73. The van der Waals surface area contributed by atoms with E-state index in [4.69, 9.17) is 4.52 Å². The second-order valence-corrected chi connectivity index (χ2v) is 7.64. The molecule has 3 aliphatic rings. The van der Waals surface area contributed by atoms with Gasteiger partial charge in [0.05, 0.1) is 6.54 Å². The van der Waals surface area contributed by atoms with E-state index in [0.29, 0.717) is 25.4 Å². The zero-order valence-corrected chi connectivity index (χ0v) is 15.2. The fraction of sp³-hybridized carbons (Fsp3) is 0.778. The third kappa shape index (κ3) is 4.23. The molecule has 8 heteroatoms. The summed E-state index contributed by atoms with van der Waals surface area (Å²) < 4.78 is 5.33. The van der Waals surface area contributed by atoms with Crippen LogP contribution in [0.15, 0.2) is 4.52 Å². The monoisotopic (exact) mass is 361 g/mol. The molecule has 1 N–H and O–H groups in total. The van der Waals surface area contributed by atoms with E-state index in [-0.39, 0.29) is 17.9 Å². The highest BCUT2D eigenvalue weighted by atomic mass is 16.5. The summed E-state index contributed by atoms with van der Waals surface area (Å²) in [5, 5.41) is 6.98. The van der Waals surface area contributed by atoms with Crippen molar-refractivity contribution in [3.63, 3.8) is 0 Å². The highest BCUT2D eigenvalue weighted by Gasteiger charge is 2.31. The Hall–Kier alpha value is -1.96. The van der Waals surface area contributed by atoms with Gasteiger partial charge in [0, 0.05) is 38.5 Å². The summed E-state index contributed by atoms with van der Waals surface area (Å²) in [6.45, 7) is 3.78. The summed E-state index contributed by atoms with van der Waals surface area (Å²) in [5.74, 6) is 2.06. The third-order valence-corrected chi connectivity index (χ3v) is 5.46. The van der Waals surface area contributed by atoms with Crippen LogP contribution in [0.3, 0.4) is 0 Å². The third-order valence-electron chi connectivity index (χ3n) is 5.46. The molecule has 4 rings (SSSR count). The van der Waals surface area contributed by atoms with Crippen LogP contribution in [0.2, 0.25) is 0 Å². The number of amides is 2. The molecule has 1 saturated carbocycles. The maximum atomic E-state index is 12.8. The van der Waals surface area contributed by atoms with Crippen LogP contribution >= 0.6 is 0 Å². The van der Waals surface area contributed by atoms with Crippen LogP contribution < -0.4 is 5.32 Å². The van der Waals surface area contributed by atoms with E-state index in [1.54, 1.807) is 0 Å². The van der Waals surface area contributed by atoms with Crippen LogP contribution in [-0.4, -0.2) is 64.0 Å². The molecule has 2 saturated heterocycles. The normalized spacial score (nSPS) is 25.5. The number of hydrogen-bond acceptors (Lipinski definition) is 6. The zero-order valence-electron chi connectivity index (χ0n) is 15.2. The van der Waals surface area contributed by atoms with Crippen molar-refractivity contribution in [2.75, 3.05) is 26.2 Å². The predicted molar refractivity (Wildman–Crippen MR) is 93.1 cm³/mol. The number of nitrogens with one attached hydrogen (secondary N) is 1. The van der Waals surface area contributed by atoms with E-state index in [2.05, 4.69) is 20.4 Å². The van der Waals surface area contributed by atoms with Gasteiger partial charge >= 0.3 is 0 Å². The molecule has 1 aromatic rings. The Morgan fingerprint density at radius 1 is 1.12 bits per heavy atom. The molecule has 0 spiro atoms. The quantitative estimate of drug-likeness (QED) is 0.862. The molecule has 1 aromatic heterocycles. The van der Waals surface area contributed by atoms with Gasteiger partial charge in [-0.25, -0.2) is 0 Å². The first-order valence-electron chi connectivity index (χ1n) is 9.82. The lowest BCUT2D eigenvalue weighted by molar-refractivity contribution is -0.136. The van der Waals surface area contributed by atoms with Gasteiger partial charge in [0.25, 0.3) is 0 Å². The molecule has 1 aliphatic carbocycles. The van der Waals surface area contributed by atoms with Gasteiger partial charge in [-0.15, -0.1) is 0 Å². The van der Waals surface area contributed by atoms with Gasteiger partial charge in [0.15, 0.2) is 5.82 Å². The summed E-state index contributed by atoms with van der Waals surface area (Å²) in [5.41, 5.74) is 0. The molecule has 2 aliphatic heterocycles. The Morgan fingerprint density at radius 3 is 2.85 bits per heavy atom. The number of aromatic nitrogens is 2. The van der Waals surface area contributed by atoms with Crippen molar-refractivity contribution in [2.24, 2.45) is 0 Å². The molecule has 3 fully saturated rings. The topological polar surface area (TPSA) is 91.6 Å². The van der Waals surface area contributed by atoms with Gasteiger partial charge in [0.1, 0.15) is 6.04 Å². The molecule has 8 nitrogen and oxygen atoms in total. The molecular formula is C18H27N5O3. The molecule has 142 valence electrons. The molecule has 1 unspecified atom stereocenters. The minimum Gasteiger partial charge on any atom is -0.344 e. The largest absolute Gasteiger partial charge is 0.344 e. The van der Waals surface area contributed by atoms with E-state index in [1.807, 2.05) is 4.90 Å². The summed E-state index contributed by atoms with van der Waals surface area (Å²) in [6, 6.07) is -0.352. The Balaban J connectivity index is 1.30. The van der Waals surface area contributed by atoms with Gasteiger partial charge in [-0.3, -0.25) is 14.5 Å². The number of carbonyl (C=O) groups is 2. The van der Waals surface area contributed by atoms with Crippen molar-refractivity contribution in [3.8, 4) is 0 Å². The van der Waals surface area contributed by atoms with Crippen molar-refractivity contribution in [1.82, 2.24) is 25.3 Å². The van der Waals surface area contributed by atoms with E-state index in [0.717, 1.165) is 69.9 Å². The molecule has 1 atom stereocenters. The van der Waals surface area contributed by atoms with Crippen molar-refractivity contribution < 1.29 is 14.1 Å². The first-order valence-corrected chi connectivity index (χ1v) is 9.82. The minimum absolute atomic E-state index is 0.000807. The number of carbonyl (C=O) groups excluding carboxylic acids is 2. The lowest BCUT2D eigenvalue weighted by atomic mass is 10.1. The number of nitrogens with zero attached hydrogens (tertiary/aromatic N) is 4. The maximum absolute atomic E-state index is 12.8. The minimum atomic E-state index is -0.352. The van der Waals surface area contributed by atoms with Gasteiger partial charge in [-0.05, 0) is 32.1 Å². The summed E-state index contributed by atoms with van der Waals surface area (Å²) in [4.78, 5) is 33.2. The van der Waals surface area contributed by atoms with E-state index in [1.165, 1.54) is 0 Å². The average molecular weight is 361 g/mol. The van der Waals surface area contributed by atoms with E-state index >= 15 is 0 Å². The second-order valence-electron chi connectivity index (χ2n) is 7.64. The average Bonchev–Trinajstić information content (AvgIpc) is 3.44. The molecule has 0 radical (unpaired) electrons. The van der Waals surface area contributed by atoms with Crippen molar-refractivity contribution in [2.45, 2.75) is 63.5 Å². The fourth-order valence-corrected chi connectivity index (χ4v) is 3.76. The highest BCUT2D eigenvalue weighted by Crippen LogP contribution is 2.38. The summed E-state index contributed by atoms with van der Waals surface area (Å²) >= 11 is 0. The van der Waals surface area contributed by atoms with Crippen LogP contribution in [-0.2, 0) is 16.1 Å². The van der Waals surface area contributed by atoms with Crippen LogP contribution in [0.4, 0.5) is 0 Å². The maximum Gasteiger partial charge on any atom is 0.245 e. The van der Waals surface area contributed by atoms with Crippen molar-refractivity contribution in [1.29, 1.82) is 0 Å². The molecule has 26 heavy (non-hydrogen) atoms. The van der Waals surface area contributed by atoms with Crippen LogP contribution in [0.25, 0.3) is 0 Å². The Kier molecular flexibility index (Phi) is 5.19. The molecule has 0 bridgehead atoms. The summed E-state index contributed by atoms with van der Waals surface area (Å²) in [7, 11) is 0. The lowest BCUT2D eigenvalue weighted by Gasteiger charge is -2.26.